The van der Waals surface area contributed by atoms with E-state index in [2.05, 4.69) is 17.2 Å². The third-order valence-electron chi connectivity index (χ3n) is 4.47. The Morgan fingerprint density at radius 2 is 2.16 bits per heavy atom. The molecule has 0 bridgehead atoms. The van der Waals surface area contributed by atoms with E-state index in [4.69, 9.17) is 14.2 Å². The highest BCUT2D eigenvalue weighted by molar-refractivity contribution is 5.97. The molecule has 0 aliphatic heterocycles. The van der Waals surface area contributed by atoms with Crippen LogP contribution in [0.15, 0.2) is 18.3 Å². The summed E-state index contributed by atoms with van der Waals surface area (Å²) in [6.45, 7) is 8.24. The van der Waals surface area contributed by atoms with Gasteiger partial charge in [0.05, 0.1) is 18.5 Å². The van der Waals surface area contributed by atoms with Gasteiger partial charge in [-0.2, -0.15) is 0 Å². The van der Waals surface area contributed by atoms with Crippen LogP contribution in [0, 0.1) is 5.92 Å². The minimum Gasteiger partial charge on any atom is -0.475 e. The maximum absolute atomic E-state index is 12.8. The molecule has 6 nitrogen and oxygen atoms in total. The highest BCUT2D eigenvalue weighted by Crippen LogP contribution is 2.36. The van der Waals surface area contributed by atoms with Gasteiger partial charge in [0.1, 0.15) is 12.2 Å². The molecule has 1 aromatic rings. The molecule has 1 saturated carbocycles. The van der Waals surface area contributed by atoms with Crippen LogP contribution in [-0.4, -0.2) is 42.9 Å². The van der Waals surface area contributed by atoms with Crippen LogP contribution in [0.2, 0.25) is 0 Å². The van der Waals surface area contributed by atoms with Crippen LogP contribution in [0.3, 0.4) is 0 Å². The molecule has 2 rings (SSSR count). The largest absolute Gasteiger partial charge is 0.475 e. The molecule has 0 spiro atoms. The first kappa shape index (κ1) is 19.7. The Morgan fingerprint density at radius 1 is 1.32 bits per heavy atom. The van der Waals surface area contributed by atoms with Crippen LogP contribution in [0.25, 0.3) is 0 Å². The number of hydrogen-bond acceptors (Lipinski definition) is 5. The summed E-state index contributed by atoms with van der Waals surface area (Å²) in [5, 5.41) is 2.95. The molecule has 1 aliphatic carbocycles. The molecule has 0 radical (unpaired) electrons. The summed E-state index contributed by atoms with van der Waals surface area (Å²) in [5.41, 5.74) is -0.0709. The minimum absolute atomic E-state index is 0.0762. The summed E-state index contributed by atoms with van der Waals surface area (Å²) in [4.78, 5) is 17.1. The Balaban J connectivity index is 1.94. The molecule has 2 atom stereocenters. The lowest BCUT2D eigenvalue weighted by Gasteiger charge is -2.38. The van der Waals surface area contributed by atoms with E-state index in [9.17, 15) is 4.79 Å². The highest BCUT2D eigenvalue weighted by atomic mass is 16.5. The standard InChI is InChI=1S/C19H30N2O4/c1-4-23-11-12-24-17-9-8-16(14-20-17)21-18(22)19(25-5-2)10-6-7-15(3)13-19/h8-9,14-15H,4-7,10-13H2,1-3H3,(H,21,22)/t15-,19+/m0/s1. The fourth-order valence-electron chi connectivity index (χ4n) is 3.32. The number of ether oxygens (including phenoxy) is 3. The van der Waals surface area contributed by atoms with Crippen LogP contribution in [0.4, 0.5) is 5.69 Å². The van der Waals surface area contributed by atoms with Crippen LogP contribution in [-0.2, 0) is 14.3 Å². The van der Waals surface area contributed by atoms with E-state index in [0.717, 1.165) is 25.7 Å². The van der Waals surface area contributed by atoms with Crippen molar-refractivity contribution in [2.24, 2.45) is 5.92 Å². The number of nitrogens with one attached hydrogen (secondary N) is 1. The molecule has 1 amide bonds. The van der Waals surface area contributed by atoms with Gasteiger partial charge in [0.25, 0.3) is 5.91 Å². The zero-order chi connectivity index (χ0) is 18.1. The van der Waals surface area contributed by atoms with Crippen molar-refractivity contribution < 1.29 is 19.0 Å². The molecule has 1 aromatic heterocycles. The molecule has 1 aliphatic rings. The number of carbonyl (C=O) groups excluding carboxylic acids is 1. The lowest BCUT2D eigenvalue weighted by atomic mass is 9.78. The van der Waals surface area contributed by atoms with Crippen molar-refractivity contribution in [1.29, 1.82) is 0 Å². The average molecular weight is 350 g/mol. The first-order chi connectivity index (χ1) is 12.1. The number of carbonyl (C=O) groups is 1. The highest BCUT2D eigenvalue weighted by Gasteiger charge is 2.42. The van der Waals surface area contributed by atoms with E-state index in [1.165, 1.54) is 0 Å². The molecular weight excluding hydrogens is 320 g/mol. The van der Waals surface area contributed by atoms with E-state index in [-0.39, 0.29) is 5.91 Å². The zero-order valence-electron chi connectivity index (χ0n) is 15.5. The summed E-state index contributed by atoms with van der Waals surface area (Å²) in [6.07, 6.45) is 5.30. The molecule has 0 unspecified atom stereocenters. The van der Waals surface area contributed by atoms with E-state index in [0.29, 0.717) is 43.9 Å². The average Bonchev–Trinajstić information content (AvgIpc) is 2.60. The van der Waals surface area contributed by atoms with E-state index in [1.54, 1.807) is 18.3 Å². The van der Waals surface area contributed by atoms with Crippen molar-refractivity contribution in [3.8, 4) is 5.88 Å². The van der Waals surface area contributed by atoms with Crippen molar-refractivity contribution in [2.75, 3.05) is 31.7 Å². The second kappa shape index (κ2) is 9.73. The lowest BCUT2D eigenvalue weighted by molar-refractivity contribution is -0.147. The first-order valence-electron chi connectivity index (χ1n) is 9.21. The summed E-state index contributed by atoms with van der Waals surface area (Å²) in [5.74, 6) is 0.932. The second-order valence-electron chi connectivity index (χ2n) is 6.51. The Bertz CT molecular complexity index is 531. The SMILES string of the molecule is CCOCCOc1ccc(NC(=O)[C@@]2(OCC)CCC[C@H](C)C2)cn1. The number of nitrogens with zero attached hydrogens (tertiary/aromatic N) is 1. The second-order valence-corrected chi connectivity index (χ2v) is 6.51. The first-order valence-corrected chi connectivity index (χ1v) is 9.21. The minimum atomic E-state index is -0.723. The summed E-state index contributed by atoms with van der Waals surface area (Å²) >= 11 is 0. The quantitative estimate of drug-likeness (QED) is 0.691. The van der Waals surface area contributed by atoms with Gasteiger partial charge in [-0.05, 0) is 45.1 Å². The molecular formula is C19H30N2O4. The van der Waals surface area contributed by atoms with Gasteiger partial charge >= 0.3 is 0 Å². The molecule has 140 valence electrons. The number of rotatable bonds is 9. The molecule has 1 heterocycles. The predicted molar refractivity (Wildman–Crippen MR) is 96.8 cm³/mol. The van der Waals surface area contributed by atoms with Crippen molar-refractivity contribution >= 4 is 11.6 Å². The fourth-order valence-corrected chi connectivity index (χ4v) is 3.32. The van der Waals surface area contributed by atoms with Gasteiger partial charge in [-0.1, -0.05) is 13.3 Å². The monoisotopic (exact) mass is 350 g/mol. The van der Waals surface area contributed by atoms with Crippen LogP contribution in [0.5, 0.6) is 5.88 Å². The van der Waals surface area contributed by atoms with Gasteiger partial charge < -0.3 is 19.5 Å². The van der Waals surface area contributed by atoms with Gasteiger partial charge in [-0.25, -0.2) is 4.98 Å². The Hall–Kier alpha value is -1.66. The van der Waals surface area contributed by atoms with Crippen molar-refractivity contribution in [3.63, 3.8) is 0 Å². The molecule has 0 saturated heterocycles. The molecule has 1 fully saturated rings. The van der Waals surface area contributed by atoms with Gasteiger partial charge in [-0.15, -0.1) is 0 Å². The van der Waals surface area contributed by atoms with Gasteiger partial charge in [0, 0.05) is 19.3 Å². The summed E-state index contributed by atoms with van der Waals surface area (Å²) < 4.78 is 16.6. The maximum Gasteiger partial charge on any atom is 0.256 e. The van der Waals surface area contributed by atoms with Crippen molar-refractivity contribution in [2.45, 2.75) is 52.1 Å². The van der Waals surface area contributed by atoms with E-state index >= 15 is 0 Å². The predicted octanol–water partition coefficient (Wildman–Crippen LogP) is 3.42. The van der Waals surface area contributed by atoms with Gasteiger partial charge in [0.2, 0.25) is 5.88 Å². The number of amides is 1. The Labute approximate surface area is 150 Å². The Kier molecular flexibility index (Phi) is 7.65. The number of aromatic nitrogens is 1. The normalized spacial score (nSPS) is 23.2. The van der Waals surface area contributed by atoms with Crippen LogP contribution >= 0.6 is 0 Å². The fraction of sp³-hybridized carbons (Fsp3) is 0.684. The molecule has 25 heavy (non-hydrogen) atoms. The molecule has 1 N–H and O–H groups in total. The van der Waals surface area contributed by atoms with E-state index < -0.39 is 5.60 Å². The lowest BCUT2D eigenvalue weighted by Crippen LogP contribution is -2.48. The Morgan fingerprint density at radius 3 is 2.80 bits per heavy atom. The van der Waals surface area contributed by atoms with E-state index in [1.807, 2.05) is 13.8 Å². The molecule has 0 aromatic carbocycles. The summed E-state index contributed by atoms with van der Waals surface area (Å²) in [6, 6.07) is 3.55. The van der Waals surface area contributed by atoms with Crippen LogP contribution in [0.1, 0.15) is 46.5 Å². The summed E-state index contributed by atoms with van der Waals surface area (Å²) in [7, 11) is 0. The number of hydrogen-bond donors (Lipinski definition) is 1. The van der Waals surface area contributed by atoms with Gasteiger partial charge in [-0.3, -0.25) is 4.79 Å². The third-order valence-corrected chi connectivity index (χ3v) is 4.47. The van der Waals surface area contributed by atoms with Crippen LogP contribution < -0.4 is 10.1 Å². The molecule has 6 heteroatoms. The smallest absolute Gasteiger partial charge is 0.256 e. The zero-order valence-corrected chi connectivity index (χ0v) is 15.5. The van der Waals surface area contributed by atoms with Crippen molar-refractivity contribution in [3.05, 3.63) is 18.3 Å². The number of pyridine rings is 1. The third kappa shape index (κ3) is 5.68. The maximum atomic E-state index is 12.8. The van der Waals surface area contributed by atoms with Crippen molar-refractivity contribution in [1.82, 2.24) is 4.98 Å². The van der Waals surface area contributed by atoms with Gasteiger partial charge in [0.15, 0.2) is 0 Å². The topological polar surface area (TPSA) is 69.7 Å². The number of anilines is 1.